The van der Waals surface area contributed by atoms with Crippen molar-refractivity contribution in [3.63, 3.8) is 0 Å². The van der Waals surface area contributed by atoms with Gasteiger partial charge in [0.2, 0.25) is 17.3 Å². The first-order valence-corrected chi connectivity index (χ1v) is 18.3. The molecular formula is C38H54FNO11. The summed E-state index contributed by atoms with van der Waals surface area (Å²) in [7, 11) is 0. The van der Waals surface area contributed by atoms with Crippen LogP contribution in [0, 0.1) is 22.7 Å². The molecule has 0 saturated heterocycles. The molecule has 13 heteroatoms. The normalized spacial score (nSPS) is 35.8. The smallest absolute Gasteiger partial charge is 0.326 e. The number of carbonyl (C=O) groups is 6. The molecule has 0 aromatic rings. The minimum absolute atomic E-state index is 0.0796. The molecule has 12 nitrogen and oxygen atoms in total. The molecule has 0 aromatic heterocycles. The van der Waals surface area contributed by atoms with E-state index in [2.05, 4.69) is 5.32 Å². The molecule has 3 saturated carbocycles. The van der Waals surface area contributed by atoms with E-state index >= 15 is 4.39 Å². The average Bonchev–Trinajstić information content (AvgIpc) is 3.23. The zero-order chi connectivity index (χ0) is 38.0. The first-order chi connectivity index (χ1) is 23.8. The van der Waals surface area contributed by atoms with Crippen LogP contribution >= 0.6 is 0 Å². The number of allylic oxidation sites excluding steroid dienone is 4. The maximum Gasteiger partial charge on any atom is 0.326 e. The van der Waals surface area contributed by atoms with Crippen LogP contribution in [0.5, 0.6) is 0 Å². The van der Waals surface area contributed by atoms with E-state index in [-0.39, 0.29) is 31.5 Å². The summed E-state index contributed by atoms with van der Waals surface area (Å²) in [5, 5.41) is 36.0. The Morgan fingerprint density at radius 1 is 0.980 bits per heavy atom. The Kier molecular flexibility index (Phi) is 12.1. The van der Waals surface area contributed by atoms with E-state index < -0.39 is 101 Å². The number of halogens is 1. The van der Waals surface area contributed by atoms with Gasteiger partial charge in [-0.05, 0) is 70.4 Å². The third kappa shape index (κ3) is 7.04. The van der Waals surface area contributed by atoms with Crippen molar-refractivity contribution in [1.29, 1.82) is 0 Å². The summed E-state index contributed by atoms with van der Waals surface area (Å²) in [6.07, 6.45) is 5.83. The number of ketones is 2. The molecule has 4 N–H and O–H groups in total. The molecule has 51 heavy (non-hydrogen) atoms. The number of carboxylic acid groups (broad SMARTS) is 1. The number of ether oxygens (including phenoxy) is 2. The molecule has 284 valence electrons. The van der Waals surface area contributed by atoms with Crippen molar-refractivity contribution >= 4 is 35.4 Å². The Bertz CT molecular complexity index is 1470. The lowest BCUT2D eigenvalue weighted by Crippen LogP contribution is -2.71. The molecule has 3 fully saturated rings. The van der Waals surface area contributed by atoms with E-state index in [0.717, 1.165) is 19.3 Å². The van der Waals surface area contributed by atoms with Crippen LogP contribution in [0.25, 0.3) is 0 Å². The van der Waals surface area contributed by atoms with Crippen molar-refractivity contribution in [2.45, 2.75) is 147 Å². The second-order valence-electron chi connectivity index (χ2n) is 15.6. The predicted octanol–water partition coefficient (Wildman–Crippen LogP) is 4.23. The topological polar surface area (TPSA) is 194 Å². The Balaban J connectivity index is 1.63. The molecule has 0 aromatic carbocycles. The van der Waals surface area contributed by atoms with Gasteiger partial charge in [0.1, 0.15) is 11.6 Å². The summed E-state index contributed by atoms with van der Waals surface area (Å²) < 4.78 is 29.0. The van der Waals surface area contributed by atoms with Crippen molar-refractivity contribution in [1.82, 2.24) is 5.32 Å². The number of hydrogen-bond donors (Lipinski definition) is 4. The van der Waals surface area contributed by atoms with Gasteiger partial charge in [0.05, 0.1) is 12.5 Å². The molecule has 0 heterocycles. The van der Waals surface area contributed by atoms with Gasteiger partial charge in [-0.2, -0.15) is 0 Å². The molecule has 0 bridgehead atoms. The second kappa shape index (κ2) is 15.3. The van der Waals surface area contributed by atoms with Gasteiger partial charge in [-0.3, -0.25) is 24.0 Å². The van der Waals surface area contributed by atoms with E-state index in [9.17, 15) is 44.1 Å². The van der Waals surface area contributed by atoms with E-state index in [4.69, 9.17) is 9.47 Å². The Labute approximate surface area is 298 Å². The Hall–Kier alpha value is -3.45. The first kappa shape index (κ1) is 40.3. The molecule has 9 unspecified atom stereocenters. The van der Waals surface area contributed by atoms with Crippen molar-refractivity contribution in [2.24, 2.45) is 22.7 Å². The van der Waals surface area contributed by atoms with Gasteiger partial charge in [-0.1, -0.05) is 58.1 Å². The number of Topliss-reactive ketones (excluding diaryl/α,β-unsaturated/α-hetero) is 1. The van der Waals surface area contributed by atoms with Crippen LogP contribution in [0.15, 0.2) is 23.8 Å². The zero-order valence-corrected chi connectivity index (χ0v) is 30.4. The molecule has 0 spiro atoms. The molecule has 9 atom stereocenters. The van der Waals surface area contributed by atoms with Crippen LogP contribution in [0.4, 0.5) is 4.39 Å². The van der Waals surface area contributed by atoms with E-state index in [1.807, 2.05) is 13.8 Å². The number of nitrogens with one attached hydrogen (secondary N) is 1. The number of rotatable bonds is 16. The summed E-state index contributed by atoms with van der Waals surface area (Å²) >= 11 is 0. The largest absolute Gasteiger partial charge is 0.480 e. The lowest BCUT2D eigenvalue weighted by Gasteiger charge is -2.62. The zero-order valence-electron chi connectivity index (χ0n) is 30.4. The number of fused-ring (bicyclic) bond motifs is 5. The van der Waals surface area contributed by atoms with Crippen molar-refractivity contribution in [2.75, 3.05) is 6.61 Å². The second-order valence-corrected chi connectivity index (χ2v) is 15.6. The monoisotopic (exact) mass is 719 g/mol. The van der Waals surface area contributed by atoms with Crippen LogP contribution in [-0.2, 0) is 38.2 Å². The number of aliphatic hydroxyl groups excluding tert-OH is 1. The molecule has 1 amide bonds. The minimum atomic E-state index is -2.38. The van der Waals surface area contributed by atoms with Crippen LogP contribution in [0.1, 0.15) is 118 Å². The van der Waals surface area contributed by atoms with Gasteiger partial charge >= 0.3 is 17.9 Å². The van der Waals surface area contributed by atoms with Crippen LogP contribution in [0.2, 0.25) is 0 Å². The number of carboxylic acids is 1. The van der Waals surface area contributed by atoms with Crippen molar-refractivity contribution < 1.29 is 58.0 Å². The molecular weight excluding hydrogens is 665 g/mol. The van der Waals surface area contributed by atoms with Gasteiger partial charge in [-0.25, -0.2) is 9.18 Å². The number of amides is 1. The van der Waals surface area contributed by atoms with Gasteiger partial charge in [0.25, 0.3) is 0 Å². The fraction of sp³-hybridized carbons (Fsp3) is 0.737. The molecule has 4 rings (SSSR count). The third-order valence-electron chi connectivity index (χ3n) is 12.2. The molecule has 0 aliphatic heterocycles. The summed E-state index contributed by atoms with van der Waals surface area (Å²) in [6, 6.07) is -1.62. The SMILES string of the molecule is CCCCCCC(=O)NC(CC(=O)OCC(=O)C1(OC(=O)CCCC)C(C)(O)CC2C3CCC4=CC(=O)C=CC4(C)C3(F)C(O)CC21C)C(=O)O. The highest BCUT2D eigenvalue weighted by Crippen LogP contribution is 2.72. The van der Waals surface area contributed by atoms with Gasteiger partial charge in [-0.15, -0.1) is 0 Å². The summed E-state index contributed by atoms with van der Waals surface area (Å²) in [5.74, 6) is -6.94. The number of unbranched alkanes of at least 4 members (excludes halogenated alkanes) is 4. The molecule has 4 aliphatic carbocycles. The maximum atomic E-state index is 17.8. The van der Waals surface area contributed by atoms with Crippen LogP contribution in [-0.4, -0.2) is 86.3 Å². The van der Waals surface area contributed by atoms with Crippen LogP contribution in [0.3, 0.4) is 0 Å². The number of hydrogen-bond acceptors (Lipinski definition) is 10. The lowest BCUT2D eigenvalue weighted by atomic mass is 9.44. The summed E-state index contributed by atoms with van der Waals surface area (Å²) in [5.41, 5.74) is -9.11. The number of esters is 2. The number of carbonyl (C=O) groups excluding carboxylic acids is 5. The Morgan fingerprint density at radius 3 is 2.31 bits per heavy atom. The van der Waals surface area contributed by atoms with E-state index in [1.165, 1.54) is 25.2 Å². The molecule has 0 radical (unpaired) electrons. The van der Waals surface area contributed by atoms with E-state index in [1.54, 1.807) is 13.8 Å². The fourth-order valence-corrected chi connectivity index (χ4v) is 9.63. The van der Waals surface area contributed by atoms with Gasteiger partial charge in [0.15, 0.2) is 18.1 Å². The van der Waals surface area contributed by atoms with E-state index in [0.29, 0.717) is 31.3 Å². The lowest BCUT2D eigenvalue weighted by molar-refractivity contribution is -0.240. The summed E-state index contributed by atoms with van der Waals surface area (Å²) in [6.45, 7) is 7.38. The predicted molar refractivity (Wildman–Crippen MR) is 182 cm³/mol. The van der Waals surface area contributed by atoms with Crippen LogP contribution < -0.4 is 5.32 Å². The minimum Gasteiger partial charge on any atom is -0.480 e. The standard InChI is InChI=1S/C38H54FNO11/c1-6-8-10-11-12-30(44)40-27(33(47)48)19-32(46)50-22-29(43)38(51-31(45)13-9-7-2)35(4)21-28(42)37(39)25(26(35)20-36(38,5)49)15-14-23-18-24(41)16-17-34(23,37)3/h16-18,25-28,42,49H,6-15,19-22H2,1-5H3,(H,40,44)(H,47,48). The molecule has 4 aliphatic rings. The van der Waals surface area contributed by atoms with Gasteiger partial charge in [0, 0.05) is 29.6 Å². The highest BCUT2D eigenvalue weighted by Gasteiger charge is 2.81. The highest BCUT2D eigenvalue weighted by molar-refractivity contribution is 6.01. The average molecular weight is 720 g/mol. The van der Waals surface area contributed by atoms with Crippen molar-refractivity contribution in [3.05, 3.63) is 23.8 Å². The number of alkyl halides is 1. The third-order valence-corrected chi connectivity index (χ3v) is 12.2. The quantitative estimate of drug-likeness (QED) is 0.132. The number of aliphatic carboxylic acids is 1. The first-order valence-electron chi connectivity index (χ1n) is 18.3. The highest BCUT2D eigenvalue weighted by atomic mass is 19.1. The summed E-state index contributed by atoms with van der Waals surface area (Å²) in [4.78, 5) is 77.2. The van der Waals surface area contributed by atoms with Crippen molar-refractivity contribution in [3.8, 4) is 0 Å². The van der Waals surface area contributed by atoms with Gasteiger partial charge < -0.3 is 30.1 Å². The number of aliphatic hydroxyl groups is 2. The fourth-order valence-electron chi connectivity index (χ4n) is 9.63. The Morgan fingerprint density at radius 2 is 1.67 bits per heavy atom. The maximum absolute atomic E-state index is 17.8.